The first-order valence-corrected chi connectivity index (χ1v) is 19.9. The molecule has 19 heteroatoms. The smallest absolute Gasteiger partial charge is 0.355 e. The van der Waals surface area contributed by atoms with Crippen molar-refractivity contribution in [3.63, 3.8) is 0 Å². The number of nitrogens with one attached hydrogen (secondary N) is 5. The Labute approximate surface area is 350 Å². The van der Waals surface area contributed by atoms with Crippen molar-refractivity contribution in [3.8, 4) is 5.69 Å². The third-order valence-electron chi connectivity index (χ3n) is 10.3. The van der Waals surface area contributed by atoms with Crippen LogP contribution in [0.25, 0.3) is 16.6 Å². The van der Waals surface area contributed by atoms with Crippen molar-refractivity contribution in [2.24, 2.45) is 0 Å². The van der Waals surface area contributed by atoms with Gasteiger partial charge in [-0.05, 0) is 105 Å². The van der Waals surface area contributed by atoms with Crippen molar-refractivity contribution in [1.29, 1.82) is 0 Å². The Morgan fingerprint density at radius 2 is 1.63 bits per heavy atom. The fourth-order valence-corrected chi connectivity index (χ4v) is 7.39. The van der Waals surface area contributed by atoms with E-state index in [0.717, 1.165) is 25.9 Å². The molecule has 0 spiro atoms. The van der Waals surface area contributed by atoms with Crippen LogP contribution >= 0.6 is 11.6 Å². The Balaban J connectivity index is 1.12. The second-order valence-electron chi connectivity index (χ2n) is 15.6. The van der Waals surface area contributed by atoms with Gasteiger partial charge in [0.05, 0.1) is 41.9 Å². The summed E-state index contributed by atoms with van der Waals surface area (Å²) in [7, 11) is 0. The van der Waals surface area contributed by atoms with Crippen LogP contribution in [-0.2, 0) is 23.9 Å². The lowest BCUT2D eigenvalue weighted by Crippen LogP contribution is -2.50. The number of morpholine rings is 1. The summed E-state index contributed by atoms with van der Waals surface area (Å²) in [5.41, 5.74) is 1.78. The van der Waals surface area contributed by atoms with E-state index in [1.165, 1.54) is 17.1 Å². The monoisotopic (exact) mass is 839 g/mol. The van der Waals surface area contributed by atoms with Gasteiger partial charge in [-0.1, -0.05) is 23.7 Å². The van der Waals surface area contributed by atoms with Gasteiger partial charge in [0.25, 0.3) is 0 Å². The molecular formula is C41H46ClN11O7. The maximum Gasteiger partial charge on any atom is 0.355 e. The third kappa shape index (κ3) is 9.90. The molecule has 0 unspecified atom stereocenters. The van der Waals surface area contributed by atoms with E-state index < -0.39 is 35.2 Å². The Bertz CT molecular complexity index is 2400. The average Bonchev–Trinajstić information content (AvgIpc) is 3.92. The fraction of sp³-hybridized carbons (Fsp3) is 0.366. The second kappa shape index (κ2) is 17.9. The number of aromatic amines is 1. The van der Waals surface area contributed by atoms with Gasteiger partial charge in [0, 0.05) is 53.8 Å². The number of carbonyl (C=O) groups excluding carboxylic acids is 5. The van der Waals surface area contributed by atoms with E-state index in [9.17, 15) is 24.0 Å². The first kappa shape index (κ1) is 41.8. The molecule has 2 saturated heterocycles. The van der Waals surface area contributed by atoms with Gasteiger partial charge in [-0.2, -0.15) is 4.68 Å². The number of nitrogens with zero attached hydrogens (tertiary/aromatic N) is 6. The van der Waals surface area contributed by atoms with Crippen molar-refractivity contribution >= 4 is 75.0 Å². The first-order chi connectivity index (χ1) is 28.7. The molecule has 2 aromatic heterocycles. The number of urea groups is 1. The molecule has 1 atom stereocenters. The zero-order valence-electron chi connectivity index (χ0n) is 33.6. The van der Waals surface area contributed by atoms with Crippen LogP contribution in [0.15, 0.2) is 67.0 Å². The average molecular weight is 840 g/mol. The number of H-pyrrole nitrogens is 1. The lowest BCUT2D eigenvalue weighted by atomic mass is 9.96. The highest BCUT2D eigenvalue weighted by molar-refractivity contribution is 6.44. The van der Waals surface area contributed by atoms with Gasteiger partial charge in [0.1, 0.15) is 17.6 Å². The zero-order valence-corrected chi connectivity index (χ0v) is 34.3. The minimum absolute atomic E-state index is 0.0618. The number of ether oxygens (including phenoxy) is 2. The van der Waals surface area contributed by atoms with Crippen molar-refractivity contribution < 1.29 is 33.4 Å². The molecule has 3 aromatic carbocycles. The van der Waals surface area contributed by atoms with Crippen LogP contribution < -0.4 is 21.3 Å². The van der Waals surface area contributed by atoms with E-state index >= 15 is 0 Å². The molecule has 2 fully saturated rings. The number of aromatic nitrogens is 5. The number of rotatable bonds is 9. The highest BCUT2D eigenvalue weighted by Gasteiger charge is 2.30. The third-order valence-corrected chi connectivity index (χ3v) is 10.5. The maximum atomic E-state index is 13.9. The van der Waals surface area contributed by atoms with Gasteiger partial charge in [0.15, 0.2) is 0 Å². The van der Waals surface area contributed by atoms with Gasteiger partial charge in [-0.3, -0.25) is 19.3 Å². The number of tetrazole rings is 1. The van der Waals surface area contributed by atoms with Gasteiger partial charge >= 0.3 is 23.8 Å². The molecule has 0 aliphatic carbocycles. The number of hydrogen-bond donors (Lipinski definition) is 5. The molecule has 0 bridgehead atoms. The van der Waals surface area contributed by atoms with Crippen LogP contribution in [-0.4, -0.2) is 116 Å². The molecule has 0 saturated carbocycles. The van der Waals surface area contributed by atoms with Crippen LogP contribution in [0, 0.1) is 0 Å². The molecule has 0 radical (unpaired) electrons. The van der Waals surface area contributed by atoms with E-state index in [-0.39, 0.29) is 33.8 Å². The standard InChI is InChI=1S/C41H46ClN11O7/c1-24(36(54)44-27-9-10-30-25(20-27)21-33(45-30)39(57)60-41(2,3)4)29-6-5-7-31(47-40(58)52-14-12-28(13-15-52)51-16-18-59-19-17-51)35(29)48-38(56)37(55)46-32-22-26(42)8-11-34(32)53-23-43-49-50-53/h5-11,20-24,28,45H,12-19H2,1-4H3,(H,44,54)(H,46,55)(H,47,58)(H,48,56)/t24-/m0/s1. The number of para-hydroxylation sites is 1. The number of piperidine rings is 1. The van der Waals surface area contributed by atoms with E-state index in [0.29, 0.717) is 60.2 Å². The Morgan fingerprint density at radius 1 is 0.883 bits per heavy atom. The van der Waals surface area contributed by atoms with Crippen LogP contribution in [0.3, 0.4) is 0 Å². The second-order valence-corrected chi connectivity index (χ2v) is 16.0. The molecule has 2 aliphatic heterocycles. The summed E-state index contributed by atoms with van der Waals surface area (Å²) in [5.74, 6) is -4.02. The number of anilines is 4. The molecular weight excluding hydrogens is 794 g/mol. The number of likely N-dealkylation sites (tertiary alicyclic amines) is 1. The molecule has 314 valence electrons. The zero-order chi connectivity index (χ0) is 42.6. The summed E-state index contributed by atoms with van der Waals surface area (Å²) in [6, 6.07) is 16.2. The summed E-state index contributed by atoms with van der Waals surface area (Å²) in [4.78, 5) is 74.8. The number of amides is 5. The van der Waals surface area contributed by atoms with E-state index in [4.69, 9.17) is 21.1 Å². The molecule has 4 heterocycles. The molecule has 60 heavy (non-hydrogen) atoms. The fourth-order valence-electron chi connectivity index (χ4n) is 7.22. The number of carbonyl (C=O) groups is 5. The van der Waals surface area contributed by atoms with Crippen molar-refractivity contribution in [1.82, 2.24) is 35.0 Å². The number of esters is 1. The van der Waals surface area contributed by atoms with E-state index in [1.54, 1.807) is 87.2 Å². The summed E-state index contributed by atoms with van der Waals surface area (Å²) in [5, 5.41) is 23.2. The molecule has 18 nitrogen and oxygen atoms in total. The van der Waals surface area contributed by atoms with Gasteiger partial charge in [0.2, 0.25) is 5.91 Å². The molecule has 5 N–H and O–H groups in total. The van der Waals surface area contributed by atoms with Gasteiger partial charge in [-0.15, -0.1) is 5.10 Å². The van der Waals surface area contributed by atoms with Crippen LogP contribution in [0.5, 0.6) is 0 Å². The molecule has 5 aromatic rings. The topological polar surface area (TPSA) is 218 Å². The molecule has 5 amide bonds. The minimum Gasteiger partial charge on any atom is -0.455 e. The quantitative estimate of drug-likeness (QED) is 0.0935. The predicted molar refractivity (Wildman–Crippen MR) is 224 cm³/mol. The number of benzene rings is 3. The largest absolute Gasteiger partial charge is 0.455 e. The van der Waals surface area contributed by atoms with Crippen molar-refractivity contribution in [3.05, 3.63) is 83.3 Å². The Morgan fingerprint density at radius 3 is 2.35 bits per heavy atom. The van der Waals surface area contributed by atoms with Gasteiger partial charge < -0.3 is 40.6 Å². The van der Waals surface area contributed by atoms with Crippen molar-refractivity contribution in [2.45, 2.75) is 58.1 Å². The first-order valence-electron chi connectivity index (χ1n) is 19.6. The lowest BCUT2D eigenvalue weighted by Gasteiger charge is -2.40. The van der Waals surface area contributed by atoms with E-state index in [2.05, 4.69) is 46.7 Å². The van der Waals surface area contributed by atoms with E-state index in [1.807, 2.05) is 0 Å². The number of hydrogen-bond acceptors (Lipinski definition) is 11. The normalized spacial score (nSPS) is 15.6. The number of halogens is 1. The summed E-state index contributed by atoms with van der Waals surface area (Å²) in [6.45, 7) is 11.1. The number of fused-ring (bicyclic) bond motifs is 1. The van der Waals surface area contributed by atoms with Crippen LogP contribution in [0.4, 0.5) is 27.5 Å². The Hall–Kier alpha value is -6.37. The maximum absolute atomic E-state index is 13.9. The predicted octanol–water partition coefficient (Wildman–Crippen LogP) is 5.40. The minimum atomic E-state index is -1.08. The molecule has 7 rings (SSSR count). The highest BCUT2D eigenvalue weighted by Crippen LogP contribution is 2.34. The Kier molecular flexibility index (Phi) is 12.4. The van der Waals surface area contributed by atoms with Gasteiger partial charge in [-0.25, -0.2) is 9.59 Å². The summed E-state index contributed by atoms with van der Waals surface area (Å²) in [6.07, 6.45) is 2.91. The van der Waals surface area contributed by atoms with Crippen LogP contribution in [0.1, 0.15) is 62.5 Å². The lowest BCUT2D eigenvalue weighted by molar-refractivity contribution is -0.133. The SMILES string of the molecule is C[C@H](C(=O)Nc1ccc2[nH]c(C(=O)OC(C)(C)C)cc2c1)c1cccc(NC(=O)N2CCC(N3CCOCC3)CC2)c1NC(=O)C(=O)Nc1cc(Cl)ccc1-n1cnnn1. The summed E-state index contributed by atoms with van der Waals surface area (Å²) < 4.78 is 12.3. The van der Waals surface area contributed by atoms with Crippen molar-refractivity contribution in [2.75, 3.05) is 60.7 Å². The summed E-state index contributed by atoms with van der Waals surface area (Å²) >= 11 is 6.24. The van der Waals surface area contributed by atoms with Crippen LogP contribution in [0.2, 0.25) is 5.02 Å². The highest BCUT2D eigenvalue weighted by atomic mass is 35.5. The molecule has 2 aliphatic rings.